The summed E-state index contributed by atoms with van der Waals surface area (Å²) in [5.74, 6) is 0.663. The quantitative estimate of drug-likeness (QED) is 0.147. The summed E-state index contributed by atoms with van der Waals surface area (Å²) < 4.78 is 44.5. The standard InChI is InChI=1S/C26H29N11O6S2/c1-28-23-31-21(9-11-38)32-24(35-23)30-18-8-6-16(20(14-18)45(41,42)43)4-3-15-5-7-17(13-19(15)44-40)29-25-33-22(27)34-26(36-25)37(2)10-12-39/h3-8,13-14,38-40H,9-12H2,1-2H3,(H,41,42,43)(H2,27,33,34,36)(H,28,31,32,35)/b15-3-,16-4-,29-17+,30-18+. The third-order valence-electron chi connectivity index (χ3n) is 5.91. The molecule has 7 N–H and O–H groups in total. The number of anilines is 3. The topological polar surface area (TPSA) is 258 Å². The van der Waals surface area contributed by atoms with Crippen molar-refractivity contribution in [2.75, 3.05) is 49.8 Å². The molecule has 19 heteroatoms. The molecule has 2 aliphatic carbocycles. The third-order valence-corrected chi connectivity index (χ3v) is 7.37. The fourth-order valence-corrected chi connectivity index (χ4v) is 4.91. The molecule has 2 heterocycles. The zero-order valence-corrected chi connectivity index (χ0v) is 25.6. The van der Waals surface area contributed by atoms with Crippen molar-refractivity contribution in [3.05, 3.63) is 75.4 Å². The van der Waals surface area contributed by atoms with E-state index in [1.807, 2.05) is 0 Å². The van der Waals surface area contributed by atoms with Crippen LogP contribution < -0.4 is 16.0 Å². The molecule has 0 aromatic carbocycles. The summed E-state index contributed by atoms with van der Waals surface area (Å²) in [5, 5.41) is 21.2. The maximum Gasteiger partial charge on any atom is 0.295 e. The molecule has 45 heavy (non-hydrogen) atoms. The number of aliphatic hydroxyl groups is 2. The van der Waals surface area contributed by atoms with Crippen molar-refractivity contribution in [3.8, 4) is 0 Å². The van der Waals surface area contributed by atoms with Gasteiger partial charge in [-0.05, 0) is 35.5 Å². The number of nitrogen functional groups attached to an aromatic ring is 1. The first-order valence-corrected chi connectivity index (χ1v) is 15.3. The normalized spacial score (nSPS) is 18.5. The Morgan fingerprint density at radius 2 is 1.60 bits per heavy atom. The zero-order chi connectivity index (χ0) is 32.6. The first kappa shape index (κ1) is 33.2. The Labute approximate surface area is 262 Å². The molecular weight excluding hydrogens is 626 g/mol. The van der Waals surface area contributed by atoms with Gasteiger partial charge in [-0.25, -0.2) is 9.98 Å². The van der Waals surface area contributed by atoms with Crippen molar-refractivity contribution in [3.63, 3.8) is 0 Å². The molecule has 0 fully saturated rings. The molecule has 0 amide bonds. The van der Waals surface area contributed by atoms with Crippen LogP contribution in [0.25, 0.3) is 0 Å². The molecule has 236 valence electrons. The minimum atomic E-state index is -4.68. The largest absolute Gasteiger partial charge is 0.396 e. The number of rotatable bonds is 11. The van der Waals surface area contributed by atoms with Gasteiger partial charge in [0, 0.05) is 44.0 Å². The number of aliphatic imine (C=N–C) groups is 2. The van der Waals surface area contributed by atoms with Gasteiger partial charge < -0.3 is 30.7 Å². The summed E-state index contributed by atoms with van der Waals surface area (Å²) in [6.45, 7) is -0.0282. The van der Waals surface area contributed by atoms with Crippen LogP contribution in [0.4, 0.5) is 29.7 Å². The van der Waals surface area contributed by atoms with Crippen LogP contribution in [0.1, 0.15) is 5.82 Å². The van der Waals surface area contributed by atoms with E-state index in [1.165, 1.54) is 24.3 Å². The van der Waals surface area contributed by atoms with Crippen LogP contribution in [0.5, 0.6) is 0 Å². The highest BCUT2D eigenvalue weighted by Gasteiger charge is 2.21. The van der Waals surface area contributed by atoms with Crippen LogP contribution in [0.3, 0.4) is 0 Å². The van der Waals surface area contributed by atoms with Crippen molar-refractivity contribution >= 4 is 63.3 Å². The molecule has 4 rings (SSSR count). The molecule has 0 aliphatic heterocycles. The van der Waals surface area contributed by atoms with E-state index in [1.54, 1.807) is 43.3 Å². The number of hydrogen-bond acceptors (Lipinski definition) is 17. The summed E-state index contributed by atoms with van der Waals surface area (Å²) in [6.07, 6.45) is 12.1. The van der Waals surface area contributed by atoms with Crippen LogP contribution >= 0.6 is 12.0 Å². The Bertz CT molecular complexity index is 1810. The summed E-state index contributed by atoms with van der Waals surface area (Å²) in [4.78, 5) is 34.9. The van der Waals surface area contributed by atoms with Gasteiger partial charge in [0.2, 0.25) is 17.8 Å². The van der Waals surface area contributed by atoms with E-state index in [4.69, 9.17) is 5.73 Å². The second-order valence-electron chi connectivity index (χ2n) is 9.11. The number of aliphatic hydroxyl groups excluding tert-OH is 2. The number of hydrogen-bond donors (Lipinski definition) is 6. The van der Waals surface area contributed by atoms with Crippen LogP contribution in [-0.4, -0.2) is 103 Å². The number of nitrogens with two attached hydrogens (primary N) is 1. The first-order chi connectivity index (χ1) is 21.5. The Balaban J connectivity index is 1.63. The van der Waals surface area contributed by atoms with E-state index in [0.29, 0.717) is 28.2 Å². The van der Waals surface area contributed by atoms with E-state index >= 15 is 0 Å². The van der Waals surface area contributed by atoms with Crippen LogP contribution in [-0.2, 0) is 16.5 Å². The van der Waals surface area contributed by atoms with Crippen LogP contribution in [0.2, 0.25) is 0 Å². The van der Waals surface area contributed by atoms with Gasteiger partial charge in [-0.3, -0.25) is 4.55 Å². The maximum absolute atomic E-state index is 12.3. The minimum Gasteiger partial charge on any atom is -0.396 e. The molecule has 2 aromatic rings. The molecule has 0 atom stereocenters. The van der Waals surface area contributed by atoms with Gasteiger partial charge in [-0.15, -0.1) is 0 Å². The molecule has 0 saturated heterocycles. The molecule has 2 aromatic heterocycles. The molecule has 0 bridgehead atoms. The Hall–Kier alpha value is -4.66. The Kier molecular flexibility index (Phi) is 11.0. The smallest absolute Gasteiger partial charge is 0.295 e. The van der Waals surface area contributed by atoms with Gasteiger partial charge >= 0.3 is 0 Å². The molecule has 0 saturated carbocycles. The number of allylic oxidation sites excluding steroid dienone is 10. The first-order valence-electron chi connectivity index (χ1n) is 13.1. The van der Waals surface area contributed by atoms with E-state index in [-0.39, 0.29) is 73.0 Å². The van der Waals surface area contributed by atoms with E-state index in [9.17, 15) is 27.7 Å². The van der Waals surface area contributed by atoms with Gasteiger partial charge in [0.15, 0.2) is 0 Å². The van der Waals surface area contributed by atoms with Crippen LogP contribution in [0.15, 0.2) is 79.5 Å². The third kappa shape index (κ3) is 8.94. The van der Waals surface area contributed by atoms with Gasteiger partial charge in [-0.1, -0.05) is 24.3 Å². The molecule has 0 spiro atoms. The molecule has 17 nitrogen and oxygen atoms in total. The van der Waals surface area contributed by atoms with Crippen molar-refractivity contribution in [2.45, 2.75) is 6.42 Å². The van der Waals surface area contributed by atoms with E-state index < -0.39 is 15.0 Å². The highest BCUT2D eigenvalue weighted by Crippen LogP contribution is 2.29. The van der Waals surface area contributed by atoms with Gasteiger partial charge in [0.25, 0.3) is 22.0 Å². The average Bonchev–Trinajstić information content (AvgIpc) is 3.00. The second kappa shape index (κ2) is 14.9. The monoisotopic (exact) mass is 655 g/mol. The van der Waals surface area contributed by atoms with Gasteiger partial charge in [0.1, 0.15) is 10.7 Å². The van der Waals surface area contributed by atoms with E-state index in [2.05, 4.69) is 45.2 Å². The Morgan fingerprint density at radius 3 is 2.24 bits per heavy atom. The van der Waals surface area contributed by atoms with Crippen molar-refractivity contribution in [1.82, 2.24) is 29.9 Å². The molecular formula is C26H29N11O6S2. The second-order valence-corrected chi connectivity index (χ2v) is 11.1. The minimum absolute atomic E-state index is 0.0201. The number of likely N-dealkylation sites (N-methyl/N-ethyl adjacent to an activating group) is 1. The summed E-state index contributed by atoms with van der Waals surface area (Å²) in [5.41, 5.74) is 6.98. The lowest BCUT2D eigenvalue weighted by molar-refractivity contribution is 0.296. The lowest BCUT2D eigenvalue weighted by Crippen LogP contribution is -2.24. The highest BCUT2D eigenvalue weighted by molar-refractivity contribution is 7.98. The fraction of sp³-hybridized carbons (Fsp3) is 0.231. The maximum atomic E-state index is 12.3. The average molecular weight is 656 g/mol. The van der Waals surface area contributed by atoms with Gasteiger partial charge in [0.05, 0.1) is 24.6 Å². The van der Waals surface area contributed by atoms with Crippen molar-refractivity contribution < 1.29 is 27.7 Å². The molecule has 2 aliphatic rings. The Morgan fingerprint density at radius 1 is 0.933 bits per heavy atom. The summed E-state index contributed by atoms with van der Waals surface area (Å²) >= 11 is 0.446. The number of aromatic nitrogens is 6. The molecule has 0 radical (unpaired) electrons. The lowest BCUT2D eigenvalue weighted by Gasteiger charge is -2.15. The summed E-state index contributed by atoms with van der Waals surface area (Å²) in [6, 6.07) is 0. The number of nitrogens with zero attached hydrogens (tertiary/aromatic N) is 9. The van der Waals surface area contributed by atoms with Crippen molar-refractivity contribution in [1.29, 1.82) is 0 Å². The number of nitrogens with one attached hydrogen (secondary N) is 1. The SMILES string of the molecule is CNc1nc(CCO)nc(/N=C2C=C/C(=C/C=C3C=C/C(=N\c4nc(N)nc(N(C)CCO)n4)C=C/3SO)C(S(=O)(=O)O)=C\2)n1. The lowest BCUT2D eigenvalue weighted by atomic mass is 10.0. The van der Waals surface area contributed by atoms with Crippen LogP contribution in [0, 0.1) is 0 Å². The fourth-order valence-electron chi connectivity index (χ4n) is 3.79. The van der Waals surface area contributed by atoms with Gasteiger partial charge in [-0.2, -0.15) is 38.3 Å². The predicted octanol–water partition coefficient (Wildman–Crippen LogP) is 1.34. The highest BCUT2D eigenvalue weighted by atomic mass is 32.2. The predicted molar refractivity (Wildman–Crippen MR) is 171 cm³/mol. The summed E-state index contributed by atoms with van der Waals surface area (Å²) in [7, 11) is -1.40. The molecule has 0 unspecified atom stereocenters. The zero-order valence-electron chi connectivity index (χ0n) is 24.0. The van der Waals surface area contributed by atoms with E-state index in [0.717, 1.165) is 0 Å². The van der Waals surface area contributed by atoms with Crippen molar-refractivity contribution in [2.24, 2.45) is 9.98 Å².